The summed E-state index contributed by atoms with van der Waals surface area (Å²) >= 11 is 0. The molecule has 0 radical (unpaired) electrons. The van der Waals surface area contributed by atoms with Crippen molar-refractivity contribution >= 4 is 0 Å². The van der Waals surface area contributed by atoms with Gasteiger partial charge < -0.3 is 10.4 Å². The molecule has 1 rings (SSSR count). The van der Waals surface area contributed by atoms with Crippen LogP contribution in [0, 0.1) is 0 Å². The highest BCUT2D eigenvalue weighted by Gasteiger charge is 2.03. The molecule has 2 N–H and O–H groups in total. The monoisotopic (exact) mass is 198 g/mol. The molecule has 0 aliphatic rings. The zero-order valence-corrected chi connectivity index (χ0v) is 8.94. The molecule has 0 aliphatic heterocycles. The molecule has 0 fully saturated rings. The minimum atomic E-state index is -0.386. The topological polar surface area (TPSA) is 63.0 Å². The second kappa shape index (κ2) is 5.07. The highest BCUT2D eigenvalue weighted by molar-refractivity contribution is 4.91. The van der Waals surface area contributed by atoms with Gasteiger partial charge in [-0.1, -0.05) is 19.1 Å². The molecule has 0 aliphatic carbocycles. The molecule has 0 aromatic carbocycles. The Bertz CT molecular complexity index is 270. The fourth-order valence-corrected chi connectivity index (χ4v) is 1.09. The van der Waals surface area contributed by atoms with Gasteiger partial charge in [-0.3, -0.25) is 0 Å². The lowest BCUT2D eigenvalue weighted by molar-refractivity contribution is 0.167. The molecule has 0 saturated carbocycles. The first-order valence-electron chi connectivity index (χ1n) is 4.88. The van der Waals surface area contributed by atoms with Gasteiger partial charge in [0.25, 0.3) is 0 Å². The molecule has 1 aromatic rings. The molecule has 1 aromatic heterocycles. The average Bonchev–Trinajstić information content (AvgIpc) is 2.47. The Balaban J connectivity index is 2.42. The summed E-state index contributed by atoms with van der Waals surface area (Å²) in [5.74, 6) is 0. The van der Waals surface area contributed by atoms with Crippen molar-refractivity contribution in [3.8, 4) is 0 Å². The van der Waals surface area contributed by atoms with Crippen molar-refractivity contribution in [2.45, 2.75) is 46.0 Å². The molecule has 5 nitrogen and oxygen atoms in total. The average molecular weight is 198 g/mol. The first-order chi connectivity index (χ1) is 6.58. The summed E-state index contributed by atoms with van der Waals surface area (Å²) < 4.78 is 1.65. The van der Waals surface area contributed by atoms with Gasteiger partial charge in [0, 0.05) is 18.8 Å². The lowest BCUT2D eigenvalue weighted by atomic mass is 10.3. The van der Waals surface area contributed by atoms with Gasteiger partial charge in [0.15, 0.2) is 0 Å². The molecule has 80 valence electrons. The Morgan fingerprint density at radius 2 is 2.21 bits per heavy atom. The highest BCUT2D eigenvalue weighted by Crippen LogP contribution is 1.95. The standard InChI is InChI=1S/C9H18N4O/c1-7(2)10-4-9-6-13(12-11-9)5-8(3)14/h6-8,10,14H,4-5H2,1-3H3. The normalized spacial score (nSPS) is 13.5. The molecule has 0 amide bonds. The van der Waals surface area contributed by atoms with Crippen LogP contribution >= 0.6 is 0 Å². The lowest BCUT2D eigenvalue weighted by Crippen LogP contribution is -2.22. The largest absolute Gasteiger partial charge is 0.391 e. The van der Waals surface area contributed by atoms with E-state index in [1.165, 1.54) is 0 Å². The third-order valence-corrected chi connectivity index (χ3v) is 1.73. The van der Waals surface area contributed by atoms with Crippen LogP contribution in [0.2, 0.25) is 0 Å². The van der Waals surface area contributed by atoms with Gasteiger partial charge in [-0.05, 0) is 6.92 Å². The number of rotatable bonds is 5. The second-order valence-electron chi connectivity index (χ2n) is 3.82. The van der Waals surface area contributed by atoms with Crippen molar-refractivity contribution in [1.29, 1.82) is 0 Å². The van der Waals surface area contributed by atoms with Crippen molar-refractivity contribution in [3.63, 3.8) is 0 Å². The van der Waals surface area contributed by atoms with Gasteiger partial charge in [0.1, 0.15) is 0 Å². The minimum Gasteiger partial charge on any atom is -0.391 e. The van der Waals surface area contributed by atoms with Crippen molar-refractivity contribution in [2.24, 2.45) is 0 Å². The number of aliphatic hydroxyl groups excluding tert-OH is 1. The van der Waals surface area contributed by atoms with Crippen LogP contribution in [-0.2, 0) is 13.1 Å². The van der Waals surface area contributed by atoms with E-state index in [-0.39, 0.29) is 6.10 Å². The van der Waals surface area contributed by atoms with E-state index in [4.69, 9.17) is 5.11 Å². The Labute approximate surface area is 84.1 Å². The number of aromatic nitrogens is 3. The molecular formula is C9H18N4O. The molecule has 1 heterocycles. The van der Waals surface area contributed by atoms with Gasteiger partial charge in [-0.25, -0.2) is 4.68 Å². The molecule has 14 heavy (non-hydrogen) atoms. The molecule has 0 bridgehead atoms. The second-order valence-corrected chi connectivity index (χ2v) is 3.82. The van der Waals surface area contributed by atoms with E-state index < -0.39 is 0 Å². The van der Waals surface area contributed by atoms with Gasteiger partial charge in [0.2, 0.25) is 0 Å². The maximum atomic E-state index is 9.13. The van der Waals surface area contributed by atoms with Gasteiger partial charge in [0.05, 0.1) is 18.3 Å². The predicted octanol–water partition coefficient (Wildman–Crippen LogP) is 0.157. The van der Waals surface area contributed by atoms with Crippen molar-refractivity contribution in [2.75, 3.05) is 0 Å². The summed E-state index contributed by atoms with van der Waals surface area (Å²) in [5, 5.41) is 20.3. The van der Waals surface area contributed by atoms with Crippen LogP contribution in [0.25, 0.3) is 0 Å². The van der Waals surface area contributed by atoms with Crippen LogP contribution in [0.15, 0.2) is 6.20 Å². The third kappa shape index (κ3) is 3.85. The lowest BCUT2D eigenvalue weighted by Gasteiger charge is -2.04. The third-order valence-electron chi connectivity index (χ3n) is 1.73. The van der Waals surface area contributed by atoms with E-state index in [9.17, 15) is 0 Å². The molecular weight excluding hydrogens is 180 g/mol. The van der Waals surface area contributed by atoms with E-state index in [1.807, 2.05) is 6.20 Å². The number of nitrogens with one attached hydrogen (secondary N) is 1. The first-order valence-corrected chi connectivity index (χ1v) is 4.88. The number of hydrogen-bond donors (Lipinski definition) is 2. The summed E-state index contributed by atoms with van der Waals surface area (Å²) in [4.78, 5) is 0. The van der Waals surface area contributed by atoms with Crippen LogP contribution in [0.1, 0.15) is 26.5 Å². The Morgan fingerprint density at radius 3 is 2.79 bits per heavy atom. The highest BCUT2D eigenvalue weighted by atomic mass is 16.3. The summed E-state index contributed by atoms with van der Waals surface area (Å²) in [6.45, 7) is 7.11. The predicted molar refractivity (Wildman–Crippen MR) is 53.7 cm³/mol. The summed E-state index contributed by atoms with van der Waals surface area (Å²) in [6.07, 6.45) is 1.46. The van der Waals surface area contributed by atoms with Crippen LogP contribution in [0.5, 0.6) is 0 Å². The maximum absolute atomic E-state index is 9.13. The fraction of sp³-hybridized carbons (Fsp3) is 0.778. The molecule has 0 spiro atoms. The van der Waals surface area contributed by atoms with Crippen LogP contribution in [0.4, 0.5) is 0 Å². The van der Waals surface area contributed by atoms with E-state index >= 15 is 0 Å². The van der Waals surface area contributed by atoms with E-state index in [0.717, 1.165) is 12.2 Å². The zero-order valence-electron chi connectivity index (χ0n) is 8.94. The van der Waals surface area contributed by atoms with E-state index in [2.05, 4.69) is 29.5 Å². The number of nitrogens with zero attached hydrogens (tertiary/aromatic N) is 3. The van der Waals surface area contributed by atoms with Crippen molar-refractivity contribution in [1.82, 2.24) is 20.3 Å². The zero-order chi connectivity index (χ0) is 10.6. The van der Waals surface area contributed by atoms with Crippen LogP contribution < -0.4 is 5.32 Å². The van der Waals surface area contributed by atoms with Crippen LogP contribution in [0.3, 0.4) is 0 Å². The summed E-state index contributed by atoms with van der Waals surface area (Å²) in [7, 11) is 0. The van der Waals surface area contributed by atoms with Crippen molar-refractivity contribution in [3.05, 3.63) is 11.9 Å². The molecule has 5 heteroatoms. The van der Waals surface area contributed by atoms with Gasteiger partial charge >= 0.3 is 0 Å². The minimum absolute atomic E-state index is 0.386. The Hall–Kier alpha value is -0.940. The van der Waals surface area contributed by atoms with E-state index in [0.29, 0.717) is 12.6 Å². The molecule has 0 saturated heterocycles. The van der Waals surface area contributed by atoms with Gasteiger partial charge in [-0.2, -0.15) is 0 Å². The number of hydrogen-bond acceptors (Lipinski definition) is 4. The SMILES string of the molecule is CC(O)Cn1cc(CNC(C)C)nn1. The quantitative estimate of drug-likeness (QED) is 0.707. The fourth-order valence-electron chi connectivity index (χ4n) is 1.09. The van der Waals surface area contributed by atoms with Gasteiger partial charge in [-0.15, -0.1) is 5.10 Å². The Kier molecular flexibility index (Phi) is 4.03. The van der Waals surface area contributed by atoms with E-state index in [1.54, 1.807) is 11.6 Å². The van der Waals surface area contributed by atoms with Crippen molar-refractivity contribution < 1.29 is 5.11 Å². The molecule has 1 unspecified atom stereocenters. The first kappa shape index (κ1) is 11.1. The molecule has 1 atom stereocenters. The Morgan fingerprint density at radius 1 is 1.50 bits per heavy atom. The summed E-state index contributed by atoms with van der Waals surface area (Å²) in [5.41, 5.74) is 0.902. The number of aliphatic hydroxyl groups is 1. The van der Waals surface area contributed by atoms with Crippen LogP contribution in [-0.4, -0.2) is 32.2 Å². The maximum Gasteiger partial charge on any atom is 0.0964 e. The summed E-state index contributed by atoms with van der Waals surface area (Å²) in [6, 6.07) is 0.442. The smallest absolute Gasteiger partial charge is 0.0964 e.